The van der Waals surface area contributed by atoms with Crippen LogP contribution in [0.2, 0.25) is 0 Å². The molecule has 0 bridgehead atoms. The van der Waals surface area contributed by atoms with Gasteiger partial charge in [-0.25, -0.2) is 0 Å². The third-order valence-corrected chi connectivity index (χ3v) is 4.60. The largest absolute Gasteiger partial charge is 0.339 e. The van der Waals surface area contributed by atoms with Gasteiger partial charge in [0.05, 0.1) is 6.42 Å². The standard InChI is InChI=1S/C17H23BrN2O2/c1-3-4-16(21)19-7-9-20(10-8-19)17(22)12-14-11-15(18)6-5-13(14)2/h5-6,11H,3-4,7-10,12H2,1-2H3. The summed E-state index contributed by atoms with van der Waals surface area (Å²) >= 11 is 3.45. The molecule has 22 heavy (non-hydrogen) atoms. The summed E-state index contributed by atoms with van der Waals surface area (Å²) in [5.74, 6) is 0.348. The Morgan fingerprint density at radius 2 is 1.68 bits per heavy atom. The summed E-state index contributed by atoms with van der Waals surface area (Å²) in [7, 11) is 0. The van der Waals surface area contributed by atoms with E-state index in [4.69, 9.17) is 0 Å². The molecule has 1 aromatic carbocycles. The second-order valence-corrected chi connectivity index (χ2v) is 6.67. The van der Waals surface area contributed by atoms with Gasteiger partial charge < -0.3 is 9.80 Å². The van der Waals surface area contributed by atoms with Crippen molar-refractivity contribution in [1.82, 2.24) is 9.80 Å². The van der Waals surface area contributed by atoms with E-state index in [1.807, 2.05) is 41.8 Å². The highest BCUT2D eigenvalue weighted by molar-refractivity contribution is 9.10. The first-order valence-corrected chi connectivity index (χ1v) is 8.61. The molecular weight excluding hydrogens is 344 g/mol. The lowest BCUT2D eigenvalue weighted by molar-refractivity contribution is -0.139. The first-order chi connectivity index (χ1) is 10.5. The molecule has 0 atom stereocenters. The third kappa shape index (κ3) is 4.32. The van der Waals surface area contributed by atoms with Gasteiger partial charge in [0, 0.05) is 37.1 Å². The summed E-state index contributed by atoms with van der Waals surface area (Å²) in [6.07, 6.45) is 1.90. The molecule has 1 saturated heterocycles. The zero-order valence-corrected chi connectivity index (χ0v) is 14.9. The van der Waals surface area contributed by atoms with E-state index >= 15 is 0 Å². The minimum atomic E-state index is 0.142. The number of hydrogen-bond donors (Lipinski definition) is 0. The summed E-state index contributed by atoms with van der Waals surface area (Å²) < 4.78 is 0.996. The van der Waals surface area contributed by atoms with Gasteiger partial charge in [0.15, 0.2) is 0 Å². The maximum Gasteiger partial charge on any atom is 0.227 e. The average molecular weight is 367 g/mol. The SMILES string of the molecule is CCCC(=O)N1CCN(C(=O)Cc2cc(Br)ccc2C)CC1. The van der Waals surface area contributed by atoms with Gasteiger partial charge >= 0.3 is 0 Å². The Hall–Kier alpha value is -1.36. The maximum atomic E-state index is 12.4. The number of amides is 2. The van der Waals surface area contributed by atoms with Crippen molar-refractivity contribution in [3.63, 3.8) is 0 Å². The van der Waals surface area contributed by atoms with Crippen LogP contribution >= 0.6 is 15.9 Å². The highest BCUT2D eigenvalue weighted by Gasteiger charge is 2.23. The first-order valence-electron chi connectivity index (χ1n) is 7.82. The highest BCUT2D eigenvalue weighted by Crippen LogP contribution is 2.17. The molecule has 5 heteroatoms. The van der Waals surface area contributed by atoms with Crippen LogP contribution in [-0.4, -0.2) is 47.8 Å². The lowest BCUT2D eigenvalue weighted by Gasteiger charge is -2.35. The molecule has 1 fully saturated rings. The predicted octanol–water partition coefficient (Wildman–Crippen LogP) is 2.77. The number of benzene rings is 1. The number of aryl methyl sites for hydroxylation is 1. The zero-order valence-electron chi connectivity index (χ0n) is 13.3. The lowest BCUT2D eigenvalue weighted by atomic mass is 10.1. The molecule has 4 nitrogen and oxygen atoms in total. The summed E-state index contributed by atoms with van der Waals surface area (Å²) in [5.41, 5.74) is 2.19. The number of carbonyl (C=O) groups excluding carboxylic acids is 2. The molecule has 1 aliphatic heterocycles. The molecule has 1 heterocycles. The van der Waals surface area contributed by atoms with Crippen LogP contribution in [0, 0.1) is 6.92 Å². The van der Waals surface area contributed by atoms with Crippen LogP contribution in [0.25, 0.3) is 0 Å². The number of halogens is 1. The fraction of sp³-hybridized carbons (Fsp3) is 0.529. The Balaban J connectivity index is 1.90. The van der Waals surface area contributed by atoms with Crippen molar-refractivity contribution in [3.05, 3.63) is 33.8 Å². The van der Waals surface area contributed by atoms with Gasteiger partial charge in [-0.1, -0.05) is 28.9 Å². The molecule has 0 N–H and O–H groups in total. The van der Waals surface area contributed by atoms with Crippen LogP contribution in [0.4, 0.5) is 0 Å². The van der Waals surface area contributed by atoms with Gasteiger partial charge in [0.25, 0.3) is 0 Å². The van der Waals surface area contributed by atoms with Crippen molar-refractivity contribution in [2.24, 2.45) is 0 Å². The van der Waals surface area contributed by atoms with E-state index in [9.17, 15) is 9.59 Å². The topological polar surface area (TPSA) is 40.6 Å². The number of nitrogens with zero attached hydrogens (tertiary/aromatic N) is 2. The Bertz CT molecular complexity index is 552. The van der Waals surface area contributed by atoms with Gasteiger partial charge in [-0.05, 0) is 36.6 Å². The van der Waals surface area contributed by atoms with E-state index in [0.29, 0.717) is 39.0 Å². The number of piperazine rings is 1. The normalized spacial score (nSPS) is 15.0. The molecule has 1 aliphatic rings. The average Bonchev–Trinajstić information content (AvgIpc) is 2.51. The smallest absolute Gasteiger partial charge is 0.227 e. The summed E-state index contributed by atoms with van der Waals surface area (Å²) in [6.45, 7) is 6.63. The maximum absolute atomic E-state index is 12.4. The lowest BCUT2D eigenvalue weighted by Crippen LogP contribution is -2.50. The van der Waals surface area contributed by atoms with E-state index in [1.54, 1.807) is 0 Å². The van der Waals surface area contributed by atoms with Crippen molar-refractivity contribution < 1.29 is 9.59 Å². The summed E-state index contributed by atoms with van der Waals surface area (Å²) in [5, 5.41) is 0. The molecular formula is C17H23BrN2O2. The third-order valence-electron chi connectivity index (χ3n) is 4.10. The number of hydrogen-bond acceptors (Lipinski definition) is 2. The number of carbonyl (C=O) groups is 2. The fourth-order valence-corrected chi connectivity index (χ4v) is 3.09. The zero-order chi connectivity index (χ0) is 16.1. The van der Waals surface area contributed by atoms with Crippen LogP contribution in [0.1, 0.15) is 30.9 Å². The molecule has 0 saturated carbocycles. The summed E-state index contributed by atoms with van der Waals surface area (Å²) in [6, 6.07) is 6.02. The van der Waals surface area contributed by atoms with Crippen molar-refractivity contribution in [3.8, 4) is 0 Å². The van der Waals surface area contributed by atoms with E-state index in [1.165, 1.54) is 0 Å². The van der Waals surface area contributed by atoms with Crippen molar-refractivity contribution >= 4 is 27.7 Å². The molecule has 1 aromatic rings. The van der Waals surface area contributed by atoms with Gasteiger partial charge in [-0.15, -0.1) is 0 Å². The first kappa shape index (κ1) is 17.0. The Kier molecular flexibility index (Phi) is 6.00. The molecule has 0 unspecified atom stereocenters. The van der Waals surface area contributed by atoms with Gasteiger partial charge in [0.1, 0.15) is 0 Å². The quantitative estimate of drug-likeness (QED) is 0.821. The minimum Gasteiger partial charge on any atom is -0.339 e. The van der Waals surface area contributed by atoms with Crippen LogP contribution in [-0.2, 0) is 16.0 Å². The Labute approximate surface area is 140 Å². The molecule has 2 rings (SSSR count). The van der Waals surface area contributed by atoms with Crippen molar-refractivity contribution in [2.75, 3.05) is 26.2 Å². The second kappa shape index (κ2) is 7.77. The summed E-state index contributed by atoms with van der Waals surface area (Å²) in [4.78, 5) is 28.0. The molecule has 0 aromatic heterocycles. The van der Waals surface area contributed by atoms with E-state index < -0.39 is 0 Å². The molecule has 120 valence electrons. The van der Waals surface area contributed by atoms with E-state index in [0.717, 1.165) is 22.0 Å². The molecule has 0 aliphatic carbocycles. The molecule has 0 spiro atoms. The van der Waals surface area contributed by atoms with Crippen molar-refractivity contribution in [1.29, 1.82) is 0 Å². The van der Waals surface area contributed by atoms with Crippen molar-refractivity contribution in [2.45, 2.75) is 33.1 Å². The second-order valence-electron chi connectivity index (χ2n) is 5.76. The molecule has 2 amide bonds. The van der Waals surface area contributed by atoms with Crippen LogP contribution < -0.4 is 0 Å². The highest BCUT2D eigenvalue weighted by atomic mass is 79.9. The fourth-order valence-electron chi connectivity index (χ4n) is 2.68. The Morgan fingerprint density at radius 3 is 2.27 bits per heavy atom. The minimum absolute atomic E-state index is 0.142. The van der Waals surface area contributed by atoms with E-state index in [-0.39, 0.29) is 11.8 Å². The molecule has 0 radical (unpaired) electrons. The van der Waals surface area contributed by atoms with Gasteiger partial charge in [0.2, 0.25) is 11.8 Å². The van der Waals surface area contributed by atoms with Crippen LogP contribution in [0.5, 0.6) is 0 Å². The number of rotatable bonds is 4. The van der Waals surface area contributed by atoms with Crippen LogP contribution in [0.3, 0.4) is 0 Å². The Morgan fingerprint density at radius 1 is 1.09 bits per heavy atom. The van der Waals surface area contributed by atoms with Gasteiger partial charge in [-0.3, -0.25) is 9.59 Å². The van der Waals surface area contributed by atoms with E-state index in [2.05, 4.69) is 15.9 Å². The predicted molar refractivity (Wildman–Crippen MR) is 90.7 cm³/mol. The van der Waals surface area contributed by atoms with Gasteiger partial charge in [-0.2, -0.15) is 0 Å². The monoisotopic (exact) mass is 366 g/mol. The van der Waals surface area contributed by atoms with Crippen LogP contribution in [0.15, 0.2) is 22.7 Å².